The van der Waals surface area contributed by atoms with Crippen molar-refractivity contribution in [3.05, 3.63) is 114 Å². The van der Waals surface area contributed by atoms with Crippen molar-refractivity contribution >= 4 is 49.0 Å². The van der Waals surface area contributed by atoms with E-state index in [1.165, 1.54) is 43.6 Å². The van der Waals surface area contributed by atoms with Crippen LogP contribution in [0, 0.1) is 0 Å². The molecule has 0 saturated heterocycles. The van der Waals surface area contributed by atoms with Crippen molar-refractivity contribution in [3.8, 4) is 0 Å². The van der Waals surface area contributed by atoms with Gasteiger partial charge in [-0.2, -0.15) is 0 Å². The minimum absolute atomic E-state index is 0.859. The molecule has 4 nitrogen and oxygen atoms in total. The summed E-state index contributed by atoms with van der Waals surface area (Å²) in [5.41, 5.74) is 9.44. The molecule has 0 spiro atoms. The maximum absolute atomic E-state index is 3.60. The van der Waals surface area contributed by atoms with E-state index in [1.54, 1.807) is 3.32 Å². The van der Waals surface area contributed by atoms with Crippen LogP contribution in [0.15, 0.2) is 97.1 Å². The van der Waals surface area contributed by atoms with Crippen molar-refractivity contribution < 1.29 is 0 Å². The molecule has 0 saturated carbocycles. The van der Waals surface area contributed by atoms with E-state index in [4.69, 9.17) is 0 Å². The molecule has 1 radical (unpaired) electrons. The predicted molar refractivity (Wildman–Crippen MR) is 144 cm³/mol. The van der Waals surface area contributed by atoms with Gasteiger partial charge in [-0.15, -0.1) is 0 Å². The van der Waals surface area contributed by atoms with Crippen LogP contribution >= 0.6 is 0 Å². The van der Waals surface area contributed by atoms with Crippen molar-refractivity contribution in [2.75, 3.05) is 33.8 Å². The molecule has 5 heteroatoms. The van der Waals surface area contributed by atoms with Crippen LogP contribution in [0.1, 0.15) is 16.7 Å². The van der Waals surface area contributed by atoms with Crippen LogP contribution in [-0.2, 0) is 17.3 Å². The van der Waals surface area contributed by atoms with Gasteiger partial charge in [0.05, 0.1) is 0 Å². The SMILES string of the molecule is c1ccc(N2CNc3ccc([CH2][In][c]4ccc5c(c4)CN(c4ccccc4)CN5)cc3C2)cc1. The molecule has 4 aromatic rings. The molecule has 2 aliphatic heterocycles. The first-order chi connectivity index (χ1) is 16.8. The molecule has 2 N–H and O–H groups in total. The van der Waals surface area contributed by atoms with E-state index in [0.29, 0.717) is 0 Å². The first-order valence-corrected chi connectivity index (χ1v) is 16.0. The average molecular weight is 547 g/mol. The second-order valence-corrected chi connectivity index (χ2v) is 13.3. The summed E-state index contributed by atoms with van der Waals surface area (Å²) in [6.07, 6.45) is 0. The number of nitrogens with zero attached hydrogens (tertiary/aromatic N) is 2. The van der Waals surface area contributed by atoms with E-state index in [1.807, 2.05) is 0 Å². The number of benzene rings is 4. The topological polar surface area (TPSA) is 30.5 Å². The molecule has 4 aromatic carbocycles. The number of anilines is 4. The first-order valence-electron chi connectivity index (χ1n) is 12.0. The van der Waals surface area contributed by atoms with Crippen LogP contribution in [0.25, 0.3) is 0 Å². The summed E-state index contributed by atoms with van der Waals surface area (Å²) in [5.74, 6) is 0. The van der Waals surface area contributed by atoms with Crippen molar-refractivity contribution in [3.63, 3.8) is 0 Å². The fraction of sp³-hybridized carbons (Fsp3) is 0.172. The monoisotopic (exact) mass is 547 g/mol. The molecule has 2 aliphatic rings. The zero-order chi connectivity index (χ0) is 22.7. The Morgan fingerprint density at radius 1 is 0.618 bits per heavy atom. The van der Waals surface area contributed by atoms with E-state index < -0.39 is 22.9 Å². The molecule has 0 unspecified atom stereocenters. The molecule has 0 fully saturated rings. The third-order valence-electron chi connectivity index (χ3n) is 6.76. The molecule has 0 bridgehead atoms. The summed E-state index contributed by atoms with van der Waals surface area (Å²) >= 11 is -0.917. The van der Waals surface area contributed by atoms with Gasteiger partial charge >= 0.3 is 214 Å². The second-order valence-electron chi connectivity index (χ2n) is 9.05. The summed E-state index contributed by atoms with van der Waals surface area (Å²) in [5, 5.41) is 7.19. The first kappa shape index (κ1) is 21.5. The normalized spacial score (nSPS) is 14.5. The minimum atomic E-state index is -0.917. The van der Waals surface area contributed by atoms with Gasteiger partial charge in [0.2, 0.25) is 0 Å². The standard InChI is InChI=1S/C15H15N2.C14H13N2.In/c1-12-7-8-15-13(9-12)10-17(11-16-15)14-5-3-2-4-6-14;1-2-7-13(8-3-1)16-10-12-6-4-5-9-14(12)15-11-16;/h2-9,16H,1,10-11H2;1-3,5-9,15H,10-11H2;. The van der Waals surface area contributed by atoms with Crippen LogP contribution in [-0.4, -0.2) is 36.2 Å². The zero-order valence-corrected chi connectivity index (χ0v) is 22.5. The van der Waals surface area contributed by atoms with Gasteiger partial charge in [-0.3, -0.25) is 0 Å². The Labute approximate surface area is 213 Å². The molecular weight excluding hydrogens is 519 g/mol. The van der Waals surface area contributed by atoms with Crippen molar-refractivity contribution in [1.29, 1.82) is 0 Å². The van der Waals surface area contributed by atoms with Crippen molar-refractivity contribution in [1.82, 2.24) is 0 Å². The van der Waals surface area contributed by atoms with Crippen LogP contribution in [0.5, 0.6) is 0 Å². The van der Waals surface area contributed by atoms with E-state index >= 15 is 0 Å². The van der Waals surface area contributed by atoms with Gasteiger partial charge in [0, 0.05) is 0 Å². The molecule has 0 atom stereocenters. The summed E-state index contributed by atoms with van der Waals surface area (Å²) in [7, 11) is 0. The van der Waals surface area contributed by atoms with Crippen LogP contribution in [0.2, 0.25) is 0 Å². The fourth-order valence-electron chi connectivity index (χ4n) is 4.88. The summed E-state index contributed by atoms with van der Waals surface area (Å²) in [6, 6.07) is 35.6. The molecule has 167 valence electrons. The van der Waals surface area contributed by atoms with Crippen LogP contribution < -0.4 is 23.8 Å². The van der Waals surface area contributed by atoms with Gasteiger partial charge < -0.3 is 0 Å². The quantitative estimate of drug-likeness (QED) is 0.369. The number of fused-ring (bicyclic) bond motifs is 2. The number of nitrogens with one attached hydrogen (secondary N) is 2. The van der Waals surface area contributed by atoms with Crippen LogP contribution in [0.3, 0.4) is 0 Å². The van der Waals surface area contributed by atoms with E-state index in [-0.39, 0.29) is 0 Å². The molecule has 6 rings (SSSR count). The number of para-hydroxylation sites is 2. The van der Waals surface area contributed by atoms with Gasteiger partial charge in [0.25, 0.3) is 0 Å². The Morgan fingerprint density at radius 3 is 1.79 bits per heavy atom. The van der Waals surface area contributed by atoms with Gasteiger partial charge in [0.1, 0.15) is 0 Å². The third-order valence-corrected chi connectivity index (χ3v) is 11.1. The Balaban J connectivity index is 1.14. The summed E-state index contributed by atoms with van der Waals surface area (Å²) in [4.78, 5) is 4.82. The third kappa shape index (κ3) is 4.62. The van der Waals surface area contributed by atoms with Gasteiger partial charge in [0.15, 0.2) is 0 Å². The number of hydrogen-bond acceptors (Lipinski definition) is 4. The van der Waals surface area contributed by atoms with Gasteiger partial charge in [-0.05, 0) is 0 Å². The summed E-state index contributed by atoms with van der Waals surface area (Å²) < 4.78 is 2.83. The molecule has 2 heterocycles. The molecular formula is C29H28InN4. The maximum atomic E-state index is 3.60. The van der Waals surface area contributed by atoms with E-state index in [0.717, 1.165) is 26.4 Å². The average Bonchev–Trinajstić information content (AvgIpc) is 2.92. The fourth-order valence-corrected chi connectivity index (χ4v) is 8.53. The van der Waals surface area contributed by atoms with E-state index in [9.17, 15) is 0 Å². The molecule has 0 aliphatic carbocycles. The Kier molecular flexibility index (Phi) is 6.11. The molecule has 34 heavy (non-hydrogen) atoms. The van der Waals surface area contributed by atoms with E-state index in [2.05, 4.69) is 117 Å². The number of rotatable bonds is 5. The van der Waals surface area contributed by atoms with Crippen molar-refractivity contribution in [2.24, 2.45) is 0 Å². The second kappa shape index (κ2) is 9.67. The Morgan fingerprint density at radius 2 is 1.18 bits per heavy atom. The van der Waals surface area contributed by atoms with Crippen molar-refractivity contribution in [2.45, 2.75) is 17.3 Å². The predicted octanol–water partition coefficient (Wildman–Crippen LogP) is 5.00. The summed E-state index contributed by atoms with van der Waals surface area (Å²) in [6.45, 7) is 3.66. The Hall–Kier alpha value is -3.05. The van der Waals surface area contributed by atoms with Gasteiger partial charge in [-0.25, -0.2) is 0 Å². The zero-order valence-electron chi connectivity index (χ0n) is 19.2. The molecule has 0 amide bonds. The molecule has 0 aromatic heterocycles. The van der Waals surface area contributed by atoms with Crippen LogP contribution in [0.4, 0.5) is 22.7 Å². The number of hydrogen-bond donors (Lipinski definition) is 2. The van der Waals surface area contributed by atoms with Gasteiger partial charge in [-0.1, -0.05) is 0 Å². The Bertz CT molecular complexity index is 1180.